The number of nitrogens with zero attached hydrogens (tertiary/aromatic N) is 1. The number of carbonyl (C=O) groups excluding carboxylic acids is 1. The number of fused-ring (bicyclic) bond motifs is 1. The minimum atomic E-state index is -0.551. The Morgan fingerprint density at radius 1 is 1.48 bits per heavy atom. The van der Waals surface area contributed by atoms with Crippen LogP contribution in [0.15, 0.2) is 29.8 Å². The van der Waals surface area contributed by atoms with Gasteiger partial charge in [-0.25, -0.2) is 0 Å². The van der Waals surface area contributed by atoms with Crippen molar-refractivity contribution in [2.45, 2.75) is 26.7 Å². The van der Waals surface area contributed by atoms with Crippen molar-refractivity contribution in [3.05, 3.63) is 35.4 Å². The third-order valence-electron chi connectivity index (χ3n) is 3.58. The number of carbonyl (C=O) groups is 1. The van der Waals surface area contributed by atoms with Crippen molar-refractivity contribution < 1.29 is 9.53 Å². The van der Waals surface area contributed by atoms with E-state index in [1.54, 1.807) is 13.2 Å². The van der Waals surface area contributed by atoms with Gasteiger partial charge in [-0.15, -0.1) is 0 Å². The number of methoxy groups -OCH3 is 1. The first kappa shape index (κ1) is 15.1. The van der Waals surface area contributed by atoms with Gasteiger partial charge in [0.15, 0.2) is 5.78 Å². The maximum absolute atomic E-state index is 12.3. The Labute approximate surface area is 125 Å². The van der Waals surface area contributed by atoms with Crippen molar-refractivity contribution in [2.75, 3.05) is 19.0 Å². The molecule has 1 N–H and O–H groups in total. The number of anilines is 1. The van der Waals surface area contributed by atoms with Crippen LogP contribution in [0, 0.1) is 16.7 Å². The van der Waals surface area contributed by atoms with E-state index in [9.17, 15) is 10.1 Å². The van der Waals surface area contributed by atoms with Crippen LogP contribution in [0.3, 0.4) is 0 Å². The van der Waals surface area contributed by atoms with E-state index < -0.39 is 5.41 Å². The first-order valence-corrected chi connectivity index (χ1v) is 6.95. The Morgan fingerprint density at radius 2 is 2.19 bits per heavy atom. The second-order valence-electron chi connectivity index (χ2n) is 6.21. The molecule has 4 heteroatoms. The molecule has 0 saturated heterocycles. The third kappa shape index (κ3) is 3.08. The molecule has 1 heterocycles. The standard InChI is InChI=1S/C17H20N2O2/c1-17(2,3)16(20)11(9-18)7-12-10-19-15-6-5-13(21-4)8-14(12)15/h5-8,12,19H,10H2,1-4H3. The van der Waals surface area contributed by atoms with Crippen molar-refractivity contribution >= 4 is 11.5 Å². The fourth-order valence-electron chi connectivity index (χ4n) is 2.38. The van der Waals surface area contributed by atoms with Crippen LogP contribution in [-0.2, 0) is 4.79 Å². The topological polar surface area (TPSA) is 62.1 Å². The van der Waals surface area contributed by atoms with Crippen LogP contribution in [0.1, 0.15) is 32.3 Å². The summed E-state index contributed by atoms with van der Waals surface area (Å²) in [7, 11) is 1.62. The highest BCUT2D eigenvalue weighted by molar-refractivity contribution is 6.02. The van der Waals surface area contributed by atoms with E-state index in [1.165, 1.54) is 0 Å². The van der Waals surface area contributed by atoms with Gasteiger partial charge < -0.3 is 10.1 Å². The molecule has 0 aromatic heterocycles. The molecule has 0 aliphatic carbocycles. The molecule has 1 aromatic rings. The Balaban J connectivity index is 2.36. The summed E-state index contributed by atoms with van der Waals surface area (Å²) in [5.41, 5.74) is 1.76. The van der Waals surface area contributed by atoms with Gasteiger partial charge in [-0.2, -0.15) is 5.26 Å². The number of ketones is 1. The monoisotopic (exact) mass is 284 g/mol. The fraction of sp³-hybridized carbons (Fsp3) is 0.412. The summed E-state index contributed by atoms with van der Waals surface area (Å²) >= 11 is 0. The summed E-state index contributed by atoms with van der Waals surface area (Å²) < 4.78 is 5.24. The lowest BCUT2D eigenvalue weighted by Crippen LogP contribution is -2.22. The Morgan fingerprint density at radius 3 is 2.76 bits per heavy atom. The van der Waals surface area contributed by atoms with Crippen LogP contribution in [0.5, 0.6) is 5.75 Å². The second-order valence-corrected chi connectivity index (χ2v) is 6.21. The summed E-state index contributed by atoms with van der Waals surface area (Å²) in [6, 6.07) is 7.85. The van der Waals surface area contributed by atoms with Gasteiger partial charge in [0.1, 0.15) is 11.8 Å². The van der Waals surface area contributed by atoms with Crippen molar-refractivity contribution in [1.82, 2.24) is 0 Å². The minimum Gasteiger partial charge on any atom is -0.497 e. The lowest BCUT2D eigenvalue weighted by molar-refractivity contribution is -0.122. The number of nitriles is 1. The highest BCUT2D eigenvalue weighted by atomic mass is 16.5. The average molecular weight is 284 g/mol. The normalized spacial score (nSPS) is 17.7. The number of hydrogen-bond donors (Lipinski definition) is 1. The van der Waals surface area contributed by atoms with Crippen LogP contribution >= 0.6 is 0 Å². The van der Waals surface area contributed by atoms with Gasteiger partial charge >= 0.3 is 0 Å². The van der Waals surface area contributed by atoms with E-state index in [1.807, 2.05) is 45.0 Å². The minimum absolute atomic E-state index is 0.0102. The summed E-state index contributed by atoms with van der Waals surface area (Å²) in [5.74, 6) is 0.661. The summed E-state index contributed by atoms with van der Waals surface area (Å²) in [5, 5.41) is 12.6. The number of nitrogens with one attached hydrogen (secondary N) is 1. The van der Waals surface area contributed by atoms with Crippen molar-refractivity contribution in [1.29, 1.82) is 5.26 Å². The van der Waals surface area contributed by atoms with Crippen LogP contribution in [-0.4, -0.2) is 19.4 Å². The molecule has 110 valence electrons. The number of rotatable bonds is 3. The largest absolute Gasteiger partial charge is 0.497 e. The maximum atomic E-state index is 12.3. The number of benzene rings is 1. The highest BCUT2D eigenvalue weighted by Gasteiger charge is 2.28. The molecule has 1 aliphatic rings. The van der Waals surface area contributed by atoms with E-state index >= 15 is 0 Å². The van der Waals surface area contributed by atoms with E-state index in [4.69, 9.17) is 4.74 Å². The number of hydrogen-bond acceptors (Lipinski definition) is 4. The van der Waals surface area contributed by atoms with Crippen LogP contribution in [0.2, 0.25) is 0 Å². The lowest BCUT2D eigenvalue weighted by Gasteiger charge is -2.16. The van der Waals surface area contributed by atoms with Gasteiger partial charge in [-0.3, -0.25) is 4.79 Å². The van der Waals surface area contributed by atoms with Crippen molar-refractivity contribution in [2.24, 2.45) is 5.41 Å². The van der Waals surface area contributed by atoms with Crippen LogP contribution in [0.4, 0.5) is 5.69 Å². The molecule has 1 aliphatic heterocycles. The van der Waals surface area contributed by atoms with Gasteiger partial charge in [-0.05, 0) is 23.8 Å². The molecule has 0 fully saturated rings. The van der Waals surface area contributed by atoms with E-state index in [2.05, 4.69) is 5.32 Å². The van der Waals surface area contributed by atoms with Gasteiger partial charge in [0, 0.05) is 23.6 Å². The van der Waals surface area contributed by atoms with Gasteiger partial charge in [0.25, 0.3) is 0 Å². The van der Waals surface area contributed by atoms with E-state index in [-0.39, 0.29) is 17.3 Å². The molecule has 0 bridgehead atoms. The molecule has 0 radical (unpaired) electrons. The maximum Gasteiger partial charge on any atom is 0.178 e. The molecular weight excluding hydrogens is 264 g/mol. The molecule has 0 saturated carbocycles. The number of Topliss-reactive ketones (excluding diaryl/α,β-unsaturated/α-hetero) is 1. The lowest BCUT2D eigenvalue weighted by atomic mass is 9.85. The van der Waals surface area contributed by atoms with Crippen LogP contribution < -0.4 is 10.1 Å². The molecule has 0 amide bonds. The highest BCUT2D eigenvalue weighted by Crippen LogP contribution is 2.36. The Bertz CT molecular complexity index is 633. The van der Waals surface area contributed by atoms with Crippen molar-refractivity contribution in [3.63, 3.8) is 0 Å². The Hall–Kier alpha value is -2.28. The third-order valence-corrected chi connectivity index (χ3v) is 3.58. The summed E-state index contributed by atoms with van der Waals surface area (Å²) in [6.45, 7) is 6.16. The zero-order valence-corrected chi connectivity index (χ0v) is 12.9. The van der Waals surface area contributed by atoms with Gasteiger partial charge in [0.05, 0.1) is 12.7 Å². The second kappa shape index (κ2) is 5.61. The molecule has 1 unspecified atom stereocenters. The SMILES string of the molecule is COc1ccc2c(c1)C(C=C(C#N)C(=O)C(C)(C)C)CN2. The zero-order valence-electron chi connectivity index (χ0n) is 12.9. The van der Waals surface area contributed by atoms with Gasteiger partial charge in [0.2, 0.25) is 0 Å². The first-order chi connectivity index (χ1) is 9.86. The quantitative estimate of drug-likeness (QED) is 0.683. The van der Waals surface area contributed by atoms with Crippen molar-refractivity contribution in [3.8, 4) is 11.8 Å². The summed E-state index contributed by atoms with van der Waals surface area (Å²) in [4.78, 5) is 12.3. The predicted octanol–water partition coefficient (Wildman–Crippen LogP) is 3.27. The fourth-order valence-corrected chi connectivity index (χ4v) is 2.38. The molecule has 2 rings (SSSR count). The number of ether oxygens (including phenoxy) is 1. The zero-order chi connectivity index (χ0) is 15.6. The smallest absolute Gasteiger partial charge is 0.178 e. The molecule has 0 spiro atoms. The van der Waals surface area contributed by atoms with E-state index in [0.29, 0.717) is 6.54 Å². The predicted molar refractivity (Wildman–Crippen MR) is 82.4 cm³/mol. The molecular formula is C17H20N2O2. The Kier molecular flexibility index (Phi) is 4.04. The van der Waals surface area contributed by atoms with E-state index in [0.717, 1.165) is 17.0 Å². The van der Waals surface area contributed by atoms with Gasteiger partial charge in [-0.1, -0.05) is 26.8 Å². The summed E-state index contributed by atoms with van der Waals surface area (Å²) in [6.07, 6.45) is 1.77. The molecule has 4 nitrogen and oxygen atoms in total. The average Bonchev–Trinajstić information content (AvgIpc) is 2.85. The molecule has 1 atom stereocenters. The first-order valence-electron chi connectivity index (χ1n) is 6.95. The number of allylic oxidation sites excluding steroid dienone is 1. The molecule has 21 heavy (non-hydrogen) atoms. The van der Waals surface area contributed by atoms with Crippen LogP contribution in [0.25, 0.3) is 0 Å². The molecule has 1 aromatic carbocycles.